The van der Waals surface area contributed by atoms with E-state index in [1.54, 1.807) is 18.2 Å². The normalized spacial score (nSPS) is 18.7. The minimum absolute atomic E-state index is 0.156. The molecule has 0 fully saturated rings. The summed E-state index contributed by atoms with van der Waals surface area (Å²) in [7, 11) is 0. The number of halogens is 2. The number of benzene rings is 2. The summed E-state index contributed by atoms with van der Waals surface area (Å²) in [4.78, 5) is 29.4. The highest BCUT2D eigenvalue weighted by atomic mass is 19.1. The van der Waals surface area contributed by atoms with E-state index >= 15 is 4.39 Å². The second-order valence-electron chi connectivity index (χ2n) is 8.44. The van der Waals surface area contributed by atoms with Crippen molar-refractivity contribution in [2.24, 2.45) is 0 Å². The molecule has 172 valence electrons. The smallest absolute Gasteiger partial charge is 0.327 e. The molecule has 0 aliphatic carbocycles. The quantitative estimate of drug-likeness (QED) is 0.428. The van der Waals surface area contributed by atoms with E-state index in [9.17, 15) is 19.1 Å². The number of carbonyl (C=O) groups is 1. The van der Waals surface area contributed by atoms with Gasteiger partial charge in [0.05, 0.1) is 24.2 Å². The van der Waals surface area contributed by atoms with Crippen molar-refractivity contribution in [3.63, 3.8) is 0 Å². The number of ether oxygens (including phenoxy) is 1. The molecule has 2 aliphatic rings. The summed E-state index contributed by atoms with van der Waals surface area (Å²) >= 11 is 0. The third-order valence-electron chi connectivity index (χ3n) is 6.60. The Kier molecular flexibility index (Phi) is 4.44. The van der Waals surface area contributed by atoms with Crippen LogP contribution in [0.15, 0.2) is 47.5 Å². The number of hydrogen-bond acceptors (Lipinski definition) is 5. The first kappa shape index (κ1) is 20.4. The van der Waals surface area contributed by atoms with Crippen molar-refractivity contribution in [3.05, 3.63) is 87.0 Å². The average Bonchev–Trinajstić information content (AvgIpc) is 3.52. The molecule has 0 radical (unpaired) electrons. The first-order valence-electron chi connectivity index (χ1n) is 10.7. The number of H-pyrrole nitrogens is 2. The molecular formula is C24H18F2N4O4. The molecular weight excluding hydrogens is 446 g/mol. The minimum Gasteiger partial charge on any atom is -0.492 e. The van der Waals surface area contributed by atoms with Gasteiger partial charge in [0.1, 0.15) is 23.4 Å². The SMILES string of the molecule is O=C(O)C1C(c2ccc[nH]c2=O)c2c(cc(F)c3c2OCC3)N1Cc1cc2cn[nH]c2cc1F. The number of pyridine rings is 1. The molecule has 4 aromatic rings. The topological polar surface area (TPSA) is 111 Å². The highest BCUT2D eigenvalue weighted by Crippen LogP contribution is 2.52. The maximum absolute atomic E-state index is 15.0. The van der Waals surface area contributed by atoms with Gasteiger partial charge in [0.2, 0.25) is 0 Å². The largest absolute Gasteiger partial charge is 0.492 e. The molecule has 2 aromatic heterocycles. The predicted molar refractivity (Wildman–Crippen MR) is 118 cm³/mol. The lowest BCUT2D eigenvalue weighted by atomic mass is 9.87. The van der Waals surface area contributed by atoms with E-state index in [1.165, 1.54) is 29.4 Å². The molecule has 4 heterocycles. The zero-order chi connectivity index (χ0) is 23.6. The van der Waals surface area contributed by atoms with Crippen molar-refractivity contribution in [1.29, 1.82) is 0 Å². The van der Waals surface area contributed by atoms with E-state index in [0.717, 1.165) is 0 Å². The lowest BCUT2D eigenvalue weighted by molar-refractivity contribution is -0.138. The van der Waals surface area contributed by atoms with E-state index in [4.69, 9.17) is 4.74 Å². The van der Waals surface area contributed by atoms with Crippen LogP contribution in [0.4, 0.5) is 14.5 Å². The van der Waals surface area contributed by atoms with Crippen LogP contribution in [0.25, 0.3) is 10.9 Å². The molecule has 10 heteroatoms. The Labute approximate surface area is 190 Å². The van der Waals surface area contributed by atoms with Crippen LogP contribution in [0, 0.1) is 11.6 Å². The van der Waals surface area contributed by atoms with Gasteiger partial charge in [0, 0.05) is 52.5 Å². The van der Waals surface area contributed by atoms with Gasteiger partial charge in [0.25, 0.3) is 5.56 Å². The number of aliphatic carboxylic acids is 1. The highest BCUT2D eigenvalue weighted by molar-refractivity contribution is 5.87. The number of fused-ring (bicyclic) bond motifs is 4. The predicted octanol–water partition coefficient (Wildman–Crippen LogP) is 3.07. The molecule has 2 atom stereocenters. The Morgan fingerprint density at radius 1 is 1.26 bits per heavy atom. The second kappa shape index (κ2) is 7.41. The Bertz CT molecular complexity index is 1530. The molecule has 2 unspecified atom stereocenters. The average molecular weight is 464 g/mol. The molecule has 2 aromatic carbocycles. The number of nitrogens with one attached hydrogen (secondary N) is 2. The lowest BCUT2D eigenvalue weighted by Gasteiger charge is -2.27. The summed E-state index contributed by atoms with van der Waals surface area (Å²) in [6, 6.07) is 6.01. The van der Waals surface area contributed by atoms with E-state index in [-0.39, 0.29) is 35.7 Å². The number of hydrogen-bond donors (Lipinski definition) is 3. The zero-order valence-corrected chi connectivity index (χ0v) is 17.6. The molecule has 0 bridgehead atoms. The van der Waals surface area contributed by atoms with Crippen molar-refractivity contribution in [2.45, 2.75) is 24.9 Å². The van der Waals surface area contributed by atoms with Gasteiger partial charge >= 0.3 is 5.97 Å². The zero-order valence-electron chi connectivity index (χ0n) is 17.6. The molecule has 8 nitrogen and oxygen atoms in total. The number of aromatic nitrogens is 3. The number of anilines is 1. The van der Waals surface area contributed by atoms with Gasteiger partial charge < -0.3 is 19.7 Å². The maximum atomic E-state index is 15.0. The van der Waals surface area contributed by atoms with Gasteiger partial charge in [0.15, 0.2) is 0 Å². The van der Waals surface area contributed by atoms with Crippen molar-refractivity contribution >= 4 is 22.6 Å². The van der Waals surface area contributed by atoms with Crippen LogP contribution in [0.1, 0.15) is 28.2 Å². The third-order valence-corrected chi connectivity index (χ3v) is 6.60. The van der Waals surface area contributed by atoms with Gasteiger partial charge in [-0.05, 0) is 24.3 Å². The molecule has 34 heavy (non-hydrogen) atoms. The number of aromatic amines is 2. The third kappa shape index (κ3) is 2.91. The summed E-state index contributed by atoms with van der Waals surface area (Å²) in [5.41, 5.74) is 1.54. The Hall–Kier alpha value is -4.21. The molecule has 0 spiro atoms. The summed E-state index contributed by atoms with van der Waals surface area (Å²) < 4.78 is 35.7. The molecule has 0 saturated heterocycles. The Balaban J connectivity index is 1.58. The van der Waals surface area contributed by atoms with Crippen LogP contribution in [-0.2, 0) is 17.8 Å². The molecule has 0 amide bonds. The number of carboxylic acid groups (broad SMARTS) is 1. The molecule has 2 aliphatic heterocycles. The summed E-state index contributed by atoms with van der Waals surface area (Å²) in [5.74, 6) is -2.97. The van der Waals surface area contributed by atoms with E-state index in [2.05, 4.69) is 15.2 Å². The molecule has 0 saturated carbocycles. The number of carboxylic acids is 1. The second-order valence-corrected chi connectivity index (χ2v) is 8.44. The van der Waals surface area contributed by atoms with Crippen molar-refractivity contribution in [3.8, 4) is 5.75 Å². The number of rotatable bonds is 4. The van der Waals surface area contributed by atoms with Crippen LogP contribution >= 0.6 is 0 Å². The Morgan fingerprint density at radius 2 is 2.12 bits per heavy atom. The van der Waals surface area contributed by atoms with Gasteiger partial charge in [-0.2, -0.15) is 5.10 Å². The maximum Gasteiger partial charge on any atom is 0.327 e. The monoisotopic (exact) mass is 464 g/mol. The van der Waals surface area contributed by atoms with E-state index in [0.29, 0.717) is 28.5 Å². The van der Waals surface area contributed by atoms with Gasteiger partial charge in [-0.25, -0.2) is 13.6 Å². The summed E-state index contributed by atoms with van der Waals surface area (Å²) in [5, 5.41) is 17.5. The lowest BCUT2D eigenvalue weighted by Crippen LogP contribution is -2.42. The van der Waals surface area contributed by atoms with Crippen LogP contribution < -0.4 is 15.2 Å². The summed E-state index contributed by atoms with van der Waals surface area (Å²) in [6.45, 7) is 0.0977. The number of nitrogens with zero attached hydrogens (tertiary/aromatic N) is 2. The van der Waals surface area contributed by atoms with Crippen molar-refractivity contribution in [2.75, 3.05) is 11.5 Å². The van der Waals surface area contributed by atoms with Gasteiger partial charge in [-0.1, -0.05) is 6.07 Å². The molecule has 3 N–H and O–H groups in total. The van der Waals surface area contributed by atoms with E-state index < -0.39 is 35.1 Å². The van der Waals surface area contributed by atoms with Crippen LogP contribution in [0.2, 0.25) is 0 Å². The first-order valence-corrected chi connectivity index (χ1v) is 10.7. The molecule has 6 rings (SSSR count). The highest BCUT2D eigenvalue weighted by Gasteiger charge is 2.48. The van der Waals surface area contributed by atoms with Gasteiger partial charge in [-0.15, -0.1) is 0 Å². The van der Waals surface area contributed by atoms with Crippen LogP contribution in [-0.4, -0.2) is 38.9 Å². The fourth-order valence-electron chi connectivity index (χ4n) is 5.13. The first-order chi connectivity index (χ1) is 16.4. The standard InChI is InChI=1S/C24H18F2N4O4/c25-15-7-17-11(9-28-29-17)6-12(15)10-30-18-8-16(26)13-3-5-34-22(13)20(18)19(21(30)24(32)33)14-2-1-4-27-23(14)31/h1-2,4,6-9,19,21H,3,5,10H2,(H,27,31)(H,28,29)(H,32,33). The minimum atomic E-state index is -1.28. The van der Waals surface area contributed by atoms with E-state index in [1.807, 2.05) is 0 Å². The summed E-state index contributed by atoms with van der Waals surface area (Å²) in [6.07, 6.45) is 3.34. The van der Waals surface area contributed by atoms with Crippen molar-refractivity contribution < 1.29 is 23.4 Å². The van der Waals surface area contributed by atoms with Gasteiger partial charge in [-0.3, -0.25) is 9.89 Å². The fourth-order valence-corrected chi connectivity index (χ4v) is 5.13. The van der Waals surface area contributed by atoms with Crippen LogP contribution in [0.3, 0.4) is 0 Å². The van der Waals surface area contributed by atoms with Crippen LogP contribution in [0.5, 0.6) is 5.75 Å². The Morgan fingerprint density at radius 3 is 2.91 bits per heavy atom. The van der Waals surface area contributed by atoms with Crippen molar-refractivity contribution in [1.82, 2.24) is 15.2 Å². The fraction of sp³-hybridized carbons (Fsp3) is 0.208.